The van der Waals surface area contributed by atoms with Crippen LogP contribution in [-0.2, 0) is 9.53 Å². The minimum Gasteiger partial charge on any atom is -1.00 e. The van der Waals surface area contributed by atoms with E-state index in [0.29, 0.717) is 11.1 Å². The van der Waals surface area contributed by atoms with Gasteiger partial charge < -0.3 is 24.1 Å². The van der Waals surface area contributed by atoms with Gasteiger partial charge in [0.15, 0.2) is 0 Å². The normalized spacial score (nSPS) is 15.0. The Morgan fingerprint density at radius 3 is 1.74 bits per heavy atom. The molecule has 218 valence electrons. The molecule has 1 unspecified atom stereocenters. The number of rotatable bonds is 15. The van der Waals surface area contributed by atoms with E-state index in [9.17, 15) is 14.0 Å². The molecule has 0 fully saturated rings. The summed E-state index contributed by atoms with van der Waals surface area (Å²) in [5.41, 5.74) is 0.948. The first-order valence-electron chi connectivity index (χ1n) is 14.3. The van der Waals surface area contributed by atoms with Gasteiger partial charge in [-0.05, 0) is 50.3 Å². The van der Waals surface area contributed by atoms with Crippen LogP contribution in [0.15, 0.2) is 36.0 Å². The van der Waals surface area contributed by atoms with Crippen molar-refractivity contribution in [1.29, 1.82) is 0 Å². The van der Waals surface area contributed by atoms with Crippen molar-refractivity contribution in [2.45, 2.75) is 92.0 Å². The minimum atomic E-state index is -0.594. The summed E-state index contributed by atoms with van der Waals surface area (Å²) in [6, 6.07) is 4.73. The number of carbonyl (C=O) groups is 2. The Labute approximate surface area is 229 Å². The molecule has 8 heteroatoms. The maximum Gasteiger partial charge on any atom is 0.337 e. The third kappa shape index (κ3) is 11.5. The molecule has 0 radical (unpaired) electrons. The SMILES string of the molecule is CCCC[N+](CCCC)(CCCC)CCCC.CCOC(=O)C1=CNC(=O)N(C)C1c1ccc(F)cc1.[F-]. The molecule has 2 amide bonds. The van der Waals surface area contributed by atoms with E-state index in [1.165, 1.54) is 105 Å². The average molecular weight is 540 g/mol. The van der Waals surface area contributed by atoms with Gasteiger partial charge in [-0.1, -0.05) is 65.5 Å². The number of likely N-dealkylation sites (N-methyl/N-ethyl adjacent to an activating group) is 1. The van der Waals surface area contributed by atoms with Crippen molar-refractivity contribution >= 4 is 12.0 Å². The Morgan fingerprint density at radius 2 is 1.34 bits per heavy atom. The lowest BCUT2D eigenvalue weighted by Crippen LogP contribution is -3.00. The van der Waals surface area contributed by atoms with Gasteiger partial charge in [-0.3, -0.25) is 0 Å². The molecular formula is C30H51F2N3O3. The Morgan fingerprint density at radius 1 is 0.895 bits per heavy atom. The minimum absolute atomic E-state index is 0. The fraction of sp³-hybridized carbons (Fsp3) is 0.667. The van der Waals surface area contributed by atoms with Crippen LogP contribution in [0.1, 0.15) is 97.6 Å². The molecule has 0 saturated heterocycles. The van der Waals surface area contributed by atoms with E-state index < -0.39 is 12.0 Å². The highest BCUT2D eigenvalue weighted by molar-refractivity contribution is 5.93. The second-order valence-corrected chi connectivity index (χ2v) is 9.98. The molecule has 2 rings (SSSR count). The highest BCUT2D eigenvalue weighted by atomic mass is 19.1. The number of carbonyl (C=O) groups excluding carboxylic acids is 2. The Balaban J connectivity index is 0.000000714. The monoisotopic (exact) mass is 539 g/mol. The van der Waals surface area contributed by atoms with Crippen molar-refractivity contribution < 1.29 is 27.9 Å². The predicted molar refractivity (Wildman–Crippen MR) is 150 cm³/mol. The zero-order valence-electron chi connectivity index (χ0n) is 24.5. The number of urea groups is 1. The van der Waals surface area contributed by atoms with E-state index in [4.69, 9.17) is 4.74 Å². The van der Waals surface area contributed by atoms with Crippen LogP contribution in [0, 0.1) is 5.82 Å². The number of nitrogens with one attached hydrogen (secondary N) is 1. The van der Waals surface area contributed by atoms with Crippen LogP contribution in [0.4, 0.5) is 9.18 Å². The number of ether oxygens (including phenoxy) is 1. The van der Waals surface area contributed by atoms with Gasteiger partial charge in [-0.15, -0.1) is 0 Å². The smallest absolute Gasteiger partial charge is 0.337 e. The molecule has 0 aliphatic carbocycles. The van der Waals surface area contributed by atoms with E-state index in [-0.39, 0.29) is 23.2 Å². The number of esters is 1. The highest BCUT2D eigenvalue weighted by Crippen LogP contribution is 2.30. The van der Waals surface area contributed by atoms with E-state index in [2.05, 4.69) is 33.0 Å². The molecule has 1 aliphatic heterocycles. The number of halogens is 2. The van der Waals surface area contributed by atoms with Crippen LogP contribution < -0.4 is 10.0 Å². The first kappa shape index (κ1) is 35.5. The molecule has 0 aromatic heterocycles. The number of amides is 2. The van der Waals surface area contributed by atoms with Gasteiger partial charge in [0, 0.05) is 13.2 Å². The number of hydrogen-bond acceptors (Lipinski definition) is 3. The second kappa shape index (κ2) is 19.6. The maximum atomic E-state index is 13.0. The zero-order chi connectivity index (χ0) is 27.7. The zero-order valence-corrected chi connectivity index (χ0v) is 24.5. The standard InChI is InChI=1S/C16H36N.C14H15FN2O3.FH/c1-5-9-13-17(14-10-6-2,15-11-7-3)16-12-8-4;1-3-20-13(18)11-8-16-14(19)17(2)12(11)9-4-6-10(15)7-5-9;/h5-16H2,1-4H3;4-8,12H,3H2,1-2H3,(H,16,19);1H/q+1;;/p-1. The van der Waals surface area contributed by atoms with Crippen molar-refractivity contribution in [3.05, 3.63) is 47.4 Å². The van der Waals surface area contributed by atoms with Gasteiger partial charge in [0.25, 0.3) is 0 Å². The van der Waals surface area contributed by atoms with Gasteiger partial charge in [-0.2, -0.15) is 0 Å². The Hall–Kier alpha value is -2.48. The topological polar surface area (TPSA) is 58.6 Å². The number of unbranched alkanes of at least 4 members (excludes halogenated alkanes) is 4. The fourth-order valence-electron chi connectivity index (χ4n) is 4.72. The molecule has 0 saturated carbocycles. The second-order valence-electron chi connectivity index (χ2n) is 9.98. The Bertz CT molecular complexity index is 793. The summed E-state index contributed by atoms with van der Waals surface area (Å²) >= 11 is 0. The van der Waals surface area contributed by atoms with Gasteiger partial charge in [0.1, 0.15) is 5.82 Å². The van der Waals surface area contributed by atoms with Crippen molar-refractivity contribution in [2.75, 3.05) is 39.8 Å². The van der Waals surface area contributed by atoms with Gasteiger partial charge in [0.05, 0.1) is 44.4 Å². The summed E-state index contributed by atoms with van der Waals surface area (Å²) in [5, 5.41) is 2.48. The quantitative estimate of drug-likeness (QED) is 0.271. The summed E-state index contributed by atoms with van der Waals surface area (Å²) in [5.74, 6) is -0.882. The van der Waals surface area contributed by atoms with Crippen LogP contribution in [0.25, 0.3) is 0 Å². The van der Waals surface area contributed by atoms with E-state index in [1.54, 1.807) is 26.1 Å². The molecule has 6 nitrogen and oxygen atoms in total. The third-order valence-electron chi connectivity index (χ3n) is 6.99. The summed E-state index contributed by atoms with van der Waals surface area (Å²) in [6.07, 6.45) is 12.4. The molecule has 1 aromatic carbocycles. The van der Waals surface area contributed by atoms with E-state index >= 15 is 0 Å². The van der Waals surface area contributed by atoms with Gasteiger partial charge in [-0.25, -0.2) is 14.0 Å². The molecule has 1 aliphatic rings. The molecule has 38 heavy (non-hydrogen) atoms. The van der Waals surface area contributed by atoms with Crippen molar-refractivity contribution in [2.24, 2.45) is 0 Å². The lowest BCUT2D eigenvalue weighted by atomic mass is 9.97. The number of benzene rings is 1. The van der Waals surface area contributed by atoms with E-state index in [1.807, 2.05) is 0 Å². The molecule has 1 N–H and O–H groups in total. The highest BCUT2D eigenvalue weighted by Gasteiger charge is 2.33. The van der Waals surface area contributed by atoms with Crippen molar-refractivity contribution in [3.63, 3.8) is 0 Å². The van der Waals surface area contributed by atoms with Crippen LogP contribution in [0.3, 0.4) is 0 Å². The van der Waals surface area contributed by atoms with Gasteiger partial charge >= 0.3 is 12.0 Å². The lowest BCUT2D eigenvalue weighted by molar-refractivity contribution is -0.929. The summed E-state index contributed by atoms with van der Waals surface area (Å²) < 4.78 is 19.4. The maximum absolute atomic E-state index is 13.0. The summed E-state index contributed by atoms with van der Waals surface area (Å²) in [6.45, 7) is 17.0. The third-order valence-corrected chi connectivity index (χ3v) is 6.99. The molecule has 1 heterocycles. The van der Waals surface area contributed by atoms with Crippen LogP contribution in [0.2, 0.25) is 0 Å². The fourth-order valence-corrected chi connectivity index (χ4v) is 4.72. The molecule has 1 aromatic rings. The average Bonchev–Trinajstić information content (AvgIpc) is 2.90. The van der Waals surface area contributed by atoms with Crippen molar-refractivity contribution in [1.82, 2.24) is 10.2 Å². The molecule has 0 bridgehead atoms. The van der Waals surface area contributed by atoms with Gasteiger partial charge in [0.2, 0.25) is 0 Å². The molecule has 1 atom stereocenters. The molecule has 0 spiro atoms. The van der Waals surface area contributed by atoms with E-state index in [0.717, 1.165) is 0 Å². The lowest BCUT2D eigenvalue weighted by Gasteiger charge is -2.39. The first-order chi connectivity index (χ1) is 17.8. The number of nitrogens with zero attached hydrogens (tertiary/aromatic N) is 2. The van der Waals surface area contributed by atoms with Crippen LogP contribution in [0.5, 0.6) is 0 Å². The van der Waals surface area contributed by atoms with Crippen LogP contribution >= 0.6 is 0 Å². The predicted octanol–water partition coefficient (Wildman–Crippen LogP) is 3.98. The van der Waals surface area contributed by atoms with Crippen LogP contribution in [-0.4, -0.2) is 61.2 Å². The largest absolute Gasteiger partial charge is 1.00 e. The Kier molecular flexibility index (Phi) is 18.3. The molecular weight excluding hydrogens is 488 g/mol. The first-order valence-corrected chi connectivity index (χ1v) is 14.3. The summed E-state index contributed by atoms with van der Waals surface area (Å²) in [7, 11) is 1.57. The van der Waals surface area contributed by atoms with Crippen molar-refractivity contribution in [3.8, 4) is 0 Å². The number of hydrogen-bond donors (Lipinski definition) is 1. The summed E-state index contributed by atoms with van der Waals surface area (Å²) in [4.78, 5) is 25.0. The number of quaternary nitrogens is 1.